The number of carbonyl (C=O) groups is 1. The Labute approximate surface area is 123 Å². The van der Waals surface area contributed by atoms with E-state index >= 15 is 0 Å². The van der Waals surface area contributed by atoms with Gasteiger partial charge >= 0.3 is 0 Å². The number of rotatable bonds is 6. The zero-order valence-electron chi connectivity index (χ0n) is 11.9. The van der Waals surface area contributed by atoms with Crippen molar-refractivity contribution in [3.05, 3.63) is 36.4 Å². The van der Waals surface area contributed by atoms with Crippen LogP contribution >= 0.6 is 0 Å². The molecule has 21 heavy (non-hydrogen) atoms. The highest BCUT2D eigenvalue weighted by atomic mass is 16.2. The first-order chi connectivity index (χ1) is 10.3. The SMILES string of the molecule is O=C(NCCCCn1ccnc1)C1Cc2nc[nH]c2CN1. The molecule has 3 rings (SSSR count). The largest absolute Gasteiger partial charge is 0.355 e. The van der Waals surface area contributed by atoms with Crippen LogP contribution in [0.4, 0.5) is 0 Å². The molecule has 0 fully saturated rings. The van der Waals surface area contributed by atoms with Gasteiger partial charge in [-0.2, -0.15) is 0 Å². The Morgan fingerprint density at radius 3 is 3.29 bits per heavy atom. The lowest BCUT2D eigenvalue weighted by Crippen LogP contribution is -2.47. The van der Waals surface area contributed by atoms with Crippen LogP contribution in [-0.4, -0.2) is 38.0 Å². The summed E-state index contributed by atoms with van der Waals surface area (Å²) in [6.07, 6.45) is 9.86. The number of aryl methyl sites for hydroxylation is 1. The van der Waals surface area contributed by atoms with Gasteiger partial charge in [-0.05, 0) is 12.8 Å². The molecule has 1 atom stereocenters. The summed E-state index contributed by atoms with van der Waals surface area (Å²) in [6.45, 7) is 2.32. The number of carbonyl (C=O) groups excluding carboxylic acids is 1. The molecule has 1 amide bonds. The van der Waals surface area contributed by atoms with Gasteiger partial charge in [0.15, 0.2) is 0 Å². The molecule has 0 spiro atoms. The summed E-state index contributed by atoms with van der Waals surface area (Å²) in [6, 6.07) is -0.172. The molecule has 0 bridgehead atoms. The van der Waals surface area contributed by atoms with E-state index in [1.165, 1.54) is 0 Å². The molecular weight excluding hydrogens is 268 g/mol. The maximum absolute atomic E-state index is 12.1. The molecular formula is C14H20N6O. The normalized spacial score (nSPS) is 17.4. The standard InChI is InChI=1S/C14H20N6O/c21-14(12-7-11-13(8-17-12)19-9-18-11)16-3-1-2-5-20-6-4-15-10-20/h4,6,9-10,12,17H,1-3,5,7-8H2,(H,16,21)(H,18,19). The molecule has 2 aromatic heterocycles. The van der Waals surface area contributed by atoms with E-state index in [4.69, 9.17) is 0 Å². The number of nitrogens with zero attached hydrogens (tertiary/aromatic N) is 3. The van der Waals surface area contributed by atoms with E-state index in [0.717, 1.165) is 30.8 Å². The van der Waals surface area contributed by atoms with Crippen molar-refractivity contribution in [2.45, 2.75) is 38.4 Å². The second-order valence-electron chi connectivity index (χ2n) is 5.26. The molecule has 0 aliphatic carbocycles. The van der Waals surface area contributed by atoms with Crippen molar-refractivity contribution in [2.24, 2.45) is 0 Å². The van der Waals surface area contributed by atoms with Gasteiger partial charge in [-0.15, -0.1) is 0 Å². The molecule has 7 heteroatoms. The Bertz CT molecular complexity index is 576. The molecule has 0 aromatic carbocycles. The highest BCUT2D eigenvalue weighted by Crippen LogP contribution is 2.12. The molecule has 112 valence electrons. The summed E-state index contributed by atoms with van der Waals surface area (Å²) in [5.74, 6) is 0.0614. The van der Waals surface area contributed by atoms with Crippen LogP contribution < -0.4 is 10.6 Å². The molecule has 0 radical (unpaired) electrons. The smallest absolute Gasteiger partial charge is 0.237 e. The number of nitrogens with one attached hydrogen (secondary N) is 3. The zero-order valence-corrected chi connectivity index (χ0v) is 11.9. The maximum Gasteiger partial charge on any atom is 0.237 e. The zero-order chi connectivity index (χ0) is 14.5. The average Bonchev–Trinajstić information content (AvgIpc) is 3.17. The minimum Gasteiger partial charge on any atom is -0.355 e. The summed E-state index contributed by atoms with van der Waals surface area (Å²) < 4.78 is 2.05. The van der Waals surface area contributed by atoms with Gasteiger partial charge in [0.1, 0.15) is 0 Å². The molecule has 1 aliphatic heterocycles. The minimum absolute atomic E-state index is 0.0614. The highest BCUT2D eigenvalue weighted by molar-refractivity contribution is 5.82. The van der Waals surface area contributed by atoms with Gasteiger partial charge in [0, 0.05) is 38.4 Å². The molecule has 3 N–H and O–H groups in total. The van der Waals surface area contributed by atoms with Crippen molar-refractivity contribution in [1.29, 1.82) is 0 Å². The summed E-state index contributed by atoms with van der Waals surface area (Å²) >= 11 is 0. The van der Waals surface area contributed by atoms with Crippen LogP contribution in [0.25, 0.3) is 0 Å². The van der Waals surface area contributed by atoms with Gasteiger partial charge < -0.3 is 14.9 Å². The van der Waals surface area contributed by atoms with E-state index in [0.29, 0.717) is 19.5 Å². The minimum atomic E-state index is -0.172. The summed E-state index contributed by atoms with van der Waals surface area (Å²) in [7, 11) is 0. The van der Waals surface area contributed by atoms with E-state index in [1.807, 2.05) is 17.1 Å². The fourth-order valence-electron chi connectivity index (χ4n) is 2.53. The molecule has 1 aliphatic rings. The maximum atomic E-state index is 12.1. The molecule has 7 nitrogen and oxygen atoms in total. The summed E-state index contributed by atoms with van der Waals surface area (Å²) in [5, 5.41) is 6.22. The van der Waals surface area contributed by atoms with Gasteiger partial charge in [0.05, 0.1) is 30.1 Å². The van der Waals surface area contributed by atoms with Crippen LogP contribution in [0.1, 0.15) is 24.2 Å². The van der Waals surface area contributed by atoms with Gasteiger partial charge in [-0.25, -0.2) is 9.97 Å². The third-order valence-corrected chi connectivity index (χ3v) is 3.75. The Kier molecular flexibility index (Phi) is 4.30. The quantitative estimate of drug-likeness (QED) is 0.663. The fourth-order valence-corrected chi connectivity index (χ4v) is 2.53. The Hall–Kier alpha value is -2.15. The number of H-pyrrole nitrogens is 1. The second kappa shape index (κ2) is 6.53. The van der Waals surface area contributed by atoms with Crippen molar-refractivity contribution in [3.8, 4) is 0 Å². The molecule has 1 unspecified atom stereocenters. The number of hydrogen-bond acceptors (Lipinski definition) is 4. The van der Waals surface area contributed by atoms with Gasteiger partial charge in [-0.3, -0.25) is 10.1 Å². The first-order valence-electron chi connectivity index (χ1n) is 7.31. The summed E-state index contributed by atoms with van der Waals surface area (Å²) in [4.78, 5) is 23.4. The van der Waals surface area contributed by atoms with Crippen molar-refractivity contribution in [3.63, 3.8) is 0 Å². The lowest BCUT2D eigenvalue weighted by Gasteiger charge is -2.22. The van der Waals surface area contributed by atoms with E-state index in [2.05, 4.69) is 25.6 Å². The molecule has 0 saturated carbocycles. The van der Waals surface area contributed by atoms with Crippen LogP contribution in [0.3, 0.4) is 0 Å². The number of fused-ring (bicyclic) bond motifs is 1. The first kappa shape index (κ1) is 13.8. The van der Waals surface area contributed by atoms with E-state index < -0.39 is 0 Å². The van der Waals surface area contributed by atoms with Crippen LogP contribution in [-0.2, 0) is 24.3 Å². The van der Waals surface area contributed by atoms with Crippen molar-refractivity contribution < 1.29 is 4.79 Å². The first-order valence-corrected chi connectivity index (χ1v) is 7.31. The third-order valence-electron chi connectivity index (χ3n) is 3.75. The van der Waals surface area contributed by atoms with E-state index in [-0.39, 0.29) is 11.9 Å². The second-order valence-corrected chi connectivity index (χ2v) is 5.26. The van der Waals surface area contributed by atoms with Crippen LogP contribution in [0.15, 0.2) is 25.0 Å². The number of aromatic amines is 1. The fraction of sp³-hybridized carbons (Fsp3) is 0.500. The van der Waals surface area contributed by atoms with Crippen LogP contribution in [0, 0.1) is 0 Å². The number of aromatic nitrogens is 4. The monoisotopic (exact) mass is 288 g/mol. The summed E-state index contributed by atoms with van der Waals surface area (Å²) in [5.41, 5.74) is 2.08. The van der Waals surface area contributed by atoms with Crippen molar-refractivity contribution >= 4 is 5.91 Å². The lowest BCUT2D eigenvalue weighted by molar-refractivity contribution is -0.123. The van der Waals surface area contributed by atoms with Gasteiger partial charge in [0.25, 0.3) is 0 Å². The number of imidazole rings is 2. The Balaban J connectivity index is 1.35. The molecule has 2 aromatic rings. The Morgan fingerprint density at radius 1 is 1.48 bits per heavy atom. The van der Waals surface area contributed by atoms with Crippen molar-refractivity contribution in [1.82, 2.24) is 30.2 Å². The van der Waals surface area contributed by atoms with E-state index in [1.54, 1.807) is 12.5 Å². The highest BCUT2D eigenvalue weighted by Gasteiger charge is 2.25. The average molecular weight is 288 g/mol. The predicted octanol–water partition coefficient (Wildman–Crippen LogP) is 0.217. The third kappa shape index (κ3) is 3.49. The van der Waals surface area contributed by atoms with Gasteiger partial charge in [0.2, 0.25) is 5.91 Å². The number of unbranched alkanes of at least 4 members (excludes halogenated alkanes) is 1. The number of hydrogen-bond donors (Lipinski definition) is 3. The molecule has 3 heterocycles. The Morgan fingerprint density at radius 2 is 2.43 bits per heavy atom. The van der Waals surface area contributed by atoms with Crippen LogP contribution in [0.5, 0.6) is 0 Å². The predicted molar refractivity (Wildman–Crippen MR) is 77.4 cm³/mol. The lowest BCUT2D eigenvalue weighted by atomic mass is 10.0. The van der Waals surface area contributed by atoms with E-state index in [9.17, 15) is 4.79 Å². The number of amides is 1. The van der Waals surface area contributed by atoms with Gasteiger partial charge in [-0.1, -0.05) is 0 Å². The topological polar surface area (TPSA) is 87.6 Å². The molecule has 0 saturated heterocycles. The van der Waals surface area contributed by atoms with Crippen molar-refractivity contribution in [2.75, 3.05) is 6.54 Å². The van der Waals surface area contributed by atoms with Crippen LogP contribution in [0.2, 0.25) is 0 Å².